The van der Waals surface area contributed by atoms with Gasteiger partial charge >= 0.3 is 137 Å². The molecule has 0 spiro atoms. The van der Waals surface area contributed by atoms with Crippen molar-refractivity contribution in [3.8, 4) is 39.5 Å². The van der Waals surface area contributed by atoms with Crippen LogP contribution in [0.4, 0.5) is 0 Å². The zero-order valence-electron chi connectivity index (χ0n) is 37.6. The van der Waals surface area contributed by atoms with Crippen LogP contribution in [0, 0.1) is 18.1 Å². The van der Waals surface area contributed by atoms with E-state index in [9.17, 15) is 0 Å². The third kappa shape index (κ3) is 9.31. The Morgan fingerprint density at radius 3 is 2.10 bits per heavy atom. The van der Waals surface area contributed by atoms with E-state index in [1.54, 1.807) is 9.96 Å². The van der Waals surface area contributed by atoms with Crippen LogP contribution in [0.3, 0.4) is 0 Å². The van der Waals surface area contributed by atoms with Crippen molar-refractivity contribution >= 4 is 60.2 Å². The van der Waals surface area contributed by atoms with E-state index in [1.165, 1.54) is 80.2 Å². The van der Waals surface area contributed by atoms with Crippen LogP contribution in [0.5, 0.6) is 0 Å². The van der Waals surface area contributed by atoms with Gasteiger partial charge in [-0.3, -0.25) is 4.98 Å². The smallest absolute Gasteiger partial charge is 0 e. The zero-order valence-corrected chi connectivity index (χ0v) is 42.9. The third-order valence-corrected chi connectivity index (χ3v) is 18.2. The second-order valence-corrected chi connectivity index (χ2v) is 30.4. The van der Waals surface area contributed by atoms with Gasteiger partial charge in [-0.15, -0.1) is 18.2 Å². The SMILES string of the molecule is CC(C)c1cc(-c2ccccc2)cc(C(C)C)c1-n1c(-c2[c-]ccc3c2sc2ccccc23)nc2ccccc21.[CH3][Ge]([CH3])([CH3])[c]1cnc(-c2[c-]cccc2)cc1CC1CCCC1.[Ir]. The molecule has 3 aromatic heterocycles. The molecule has 63 heavy (non-hydrogen) atoms. The molecule has 321 valence electrons. The van der Waals surface area contributed by atoms with Gasteiger partial charge < -0.3 is 4.57 Å². The largest absolute Gasteiger partial charge is 0 e. The Morgan fingerprint density at radius 1 is 0.714 bits per heavy atom. The van der Waals surface area contributed by atoms with Gasteiger partial charge in [-0.2, -0.15) is 11.3 Å². The number of imidazole rings is 1. The summed E-state index contributed by atoms with van der Waals surface area (Å²) in [5.74, 6) is 9.92. The van der Waals surface area contributed by atoms with Crippen LogP contribution >= 0.6 is 11.3 Å². The summed E-state index contributed by atoms with van der Waals surface area (Å²) in [4.78, 5) is 10.1. The van der Waals surface area contributed by atoms with E-state index in [4.69, 9.17) is 9.97 Å². The number of rotatable bonds is 9. The third-order valence-electron chi connectivity index (χ3n) is 12.6. The van der Waals surface area contributed by atoms with Crippen LogP contribution in [-0.4, -0.2) is 27.8 Å². The van der Waals surface area contributed by atoms with Crippen molar-refractivity contribution in [3.63, 3.8) is 0 Å². The first-order valence-electron chi connectivity index (χ1n) is 22.5. The summed E-state index contributed by atoms with van der Waals surface area (Å²) >= 11 is -0.0380. The van der Waals surface area contributed by atoms with Crippen molar-refractivity contribution in [2.45, 2.75) is 88.9 Å². The molecule has 3 heterocycles. The maximum Gasteiger partial charge on any atom is 0 e. The minimum absolute atomic E-state index is 0. The molecule has 0 N–H and O–H groups in total. The molecule has 0 bridgehead atoms. The number of pyridine rings is 1. The summed E-state index contributed by atoms with van der Waals surface area (Å²) < 4.78 is 6.54. The molecule has 0 unspecified atom stereocenters. The van der Waals surface area contributed by atoms with Crippen LogP contribution in [-0.2, 0) is 26.5 Å². The zero-order chi connectivity index (χ0) is 43.0. The number of nitrogens with zero attached hydrogens (tertiary/aromatic N) is 3. The molecular formula is C57H57GeIrN3S-2. The average Bonchev–Trinajstić information content (AvgIpc) is 4.04. The van der Waals surface area contributed by atoms with Gasteiger partial charge in [-0.25, -0.2) is 0 Å². The minimum Gasteiger partial charge on any atom is 0 e. The number of thiophene rings is 1. The van der Waals surface area contributed by atoms with Gasteiger partial charge in [0.15, 0.2) is 0 Å². The Hall–Kier alpha value is -4.65. The molecule has 3 nitrogen and oxygen atoms in total. The summed E-state index contributed by atoms with van der Waals surface area (Å²) in [7, 11) is 0. The molecule has 1 fully saturated rings. The molecule has 0 saturated heterocycles. The molecule has 9 aromatic rings. The monoisotopic (exact) mass is 1080 g/mol. The molecular weight excluding hydrogens is 1020 g/mol. The maximum absolute atomic E-state index is 5.30. The Balaban J connectivity index is 0.000000201. The van der Waals surface area contributed by atoms with Gasteiger partial charge in [-0.05, 0) is 74.5 Å². The molecule has 10 rings (SSSR count). The second-order valence-electron chi connectivity index (χ2n) is 18.7. The summed E-state index contributed by atoms with van der Waals surface area (Å²) in [6.45, 7) is 9.20. The van der Waals surface area contributed by atoms with Crippen molar-refractivity contribution in [2.75, 3.05) is 0 Å². The number of benzene rings is 6. The average molecular weight is 1080 g/mol. The quantitative estimate of drug-likeness (QED) is 0.107. The van der Waals surface area contributed by atoms with Gasteiger partial charge in [0.05, 0.1) is 16.9 Å². The molecule has 1 radical (unpaired) electrons. The number of hydrogen-bond acceptors (Lipinski definition) is 3. The fraction of sp³-hybridized carbons (Fsp3) is 0.263. The van der Waals surface area contributed by atoms with Crippen LogP contribution in [0.15, 0.2) is 140 Å². The first-order chi connectivity index (χ1) is 30.0. The molecule has 1 saturated carbocycles. The standard InChI is InChI=1S/C37H31N2S.C20H26GeN.Ir/c1-23(2)30-21-26(25-13-6-5-7-14-25)22-31(24(3)4)35(30)39-33-19-10-9-18-32(33)38-37(39)29-17-12-16-28-27-15-8-11-20-34(27)40-36(28)29;1-21(2,3)19-15-22-20(17-11-5-4-6-12-17)14-18(19)13-16-9-7-8-10-16;/h5-16,18-24H,1-4H3;4-6,11,14-16H,7-10,13H2,1-3H3;/q2*-1;. The number of aromatic nitrogens is 3. The van der Waals surface area contributed by atoms with E-state index in [0.717, 1.165) is 39.6 Å². The normalized spacial score (nSPS) is 13.2. The van der Waals surface area contributed by atoms with Gasteiger partial charge in [0.1, 0.15) is 0 Å². The summed E-state index contributed by atoms with van der Waals surface area (Å²) in [5, 5.41) is 2.55. The number of para-hydroxylation sites is 2. The van der Waals surface area contributed by atoms with Gasteiger partial charge in [-0.1, -0.05) is 99.3 Å². The van der Waals surface area contributed by atoms with Crippen molar-refractivity contribution in [1.82, 2.24) is 14.5 Å². The maximum atomic E-state index is 5.30. The fourth-order valence-corrected chi connectivity index (χ4v) is 14.0. The van der Waals surface area contributed by atoms with E-state index in [-0.39, 0.29) is 20.1 Å². The second kappa shape index (κ2) is 19.2. The molecule has 1 aliphatic carbocycles. The first-order valence-corrected chi connectivity index (χ1v) is 30.7. The number of hydrogen-bond donors (Lipinski definition) is 0. The predicted molar refractivity (Wildman–Crippen MR) is 269 cm³/mol. The topological polar surface area (TPSA) is 30.7 Å². The molecule has 0 aliphatic heterocycles. The van der Waals surface area contributed by atoms with E-state index in [2.05, 4.69) is 189 Å². The number of fused-ring (bicyclic) bond motifs is 4. The summed E-state index contributed by atoms with van der Waals surface area (Å²) in [6.07, 6.45) is 9.08. The summed E-state index contributed by atoms with van der Waals surface area (Å²) in [6, 6.07) is 54.5. The van der Waals surface area contributed by atoms with E-state index in [0.29, 0.717) is 11.8 Å². The molecule has 1 aliphatic rings. The Morgan fingerprint density at radius 2 is 1.40 bits per heavy atom. The van der Waals surface area contributed by atoms with E-state index < -0.39 is 13.3 Å². The molecule has 6 heteroatoms. The van der Waals surface area contributed by atoms with Gasteiger partial charge in [0.2, 0.25) is 0 Å². The summed E-state index contributed by atoms with van der Waals surface area (Å²) in [5.41, 5.74) is 13.4. The van der Waals surface area contributed by atoms with Crippen LogP contribution < -0.4 is 4.40 Å². The van der Waals surface area contributed by atoms with Crippen molar-refractivity contribution in [2.24, 2.45) is 5.92 Å². The molecule has 0 atom stereocenters. The van der Waals surface area contributed by atoms with Gasteiger partial charge in [0.25, 0.3) is 0 Å². The molecule has 6 aromatic carbocycles. The van der Waals surface area contributed by atoms with Crippen molar-refractivity contribution in [1.29, 1.82) is 0 Å². The Bertz CT molecular complexity index is 2960. The van der Waals surface area contributed by atoms with Gasteiger partial charge in [0, 0.05) is 30.5 Å². The predicted octanol–water partition coefficient (Wildman–Crippen LogP) is 15.6. The Kier molecular flexibility index (Phi) is 13.7. The Labute approximate surface area is 394 Å². The van der Waals surface area contributed by atoms with Crippen LogP contribution in [0.25, 0.3) is 70.7 Å². The van der Waals surface area contributed by atoms with Crippen LogP contribution in [0.1, 0.15) is 81.9 Å². The first kappa shape index (κ1) is 44.9. The van der Waals surface area contributed by atoms with E-state index >= 15 is 0 Å². The van der Waals surface area contributed by atoms with Crippen LogP contribution in [0.2, 0.25) is 17.3 Å². The van der Waals surface area contributed by atoms with Crippen molar-refractivity contribution in [3.05, 3.63) is 168 Å². The van der Waals surface area contributed by atoms with E-state index in [1.807, 2.05) is 23.5 Å². The fourth-order valence-electron chi connectivity index (χ4n) is 9.46. The van der Waals surface area contributed by atoms with Crippen molar-refractivity contribution < 1.29 is 20.1 Å². The molecule has 0 amide bonds. The minimum atomic E-state index is -1.87.